The lowest BCUT2D eigenvalue weighted by molar-refractivity contribution is -0.216. The molecule has 4 fully saturated rings. The van der Waals surface area contributed by atoms with Crippen molar-refractivity contribution in [2.75, 3.05) is 45.9 Å². The number of aliphatic carboxylic acids is 2. The van der Waals surface area contributed by atoms with Crippen LogP contribution >= 0.6 is 0 Å². The van der Waals surface area contributed by atoms with Gasteiger partial charge in [0.15, 0.2) is 0 Å². The number of halogens is 6. The van der Waals surface area contributed by atoms with Gasteiger partial charge in [0.25, 0.3) is 5.91 Å². The summed E-state index contributed by atoms with van der Waals surface area (Å²) in [6.07, 6.45) is -2.92. The van der Waals surface area contributed by atoms with Gasteiger partial charge in [-0.05, 0) is 36.8 Å². The molecule has 1 aliphatic carbocycles. The molecule has 0 radical (unpaired) electrons. The van der Waals surface area contributed by atoms with Gasteiger partial charge in [0.05, 0.1) is 19.8 Å². The molecule has 1 saturated carbocycles. The van der Waals surface area contributed by atoms with Gasteiger partial charge in [-0.25, -0.2) is 14.7 Å². The third-order valence-electron chi connectivity index (χ3n) is 6.59. The predicted octanol–water partition coefficient (Wildman–Crippen LogP) is 2.18. The highest BCUT2D eigenvalue weighted by Gasteiger charge is 2.51. The van der Waals surface area contributed by atoms with Gasteiger partial charge in [-0.2, -0.15) is 26.3 Å². The monoisotopic (exact) mass is 600 g/mol. The van der Waals surface area contributed by atoms with E-state index < -0.39 is 24.3 Å². The maximum absolute atomic E-state index is 12.9. The van der Waals surface area contributed by atoms with E-state index in [-0.39, 0.29) is 17.6 Å². The summed E-state index contributed by atoms with van der Waals surface area (Å²) in [4.78, 5) is 45.2. The zero-order valence-electron chi connectivity index (χ0n) is 21.7. The Morgan fingerprint density at radius 2 is 1.63 bits per heavy atom. The van der Waals surface area contributed by atoms with Crippen molar-refractivity contribution in [3.8, 4) is 0 Å². The molecule has 3 aliphatic heterocycles. The standard InChI is InChI=1S/C20H28N4O3.2C2HF3O2/c25-19(24-7-2-8-27-24)18-12-26-20(15-23(18)11-16-4-5-16)13-22(14-20)10-17-3-1-6-21-9-17;2*3-2(4,5)1(6)7/h1,3,6,9,16,18H,2,4-5,7-8,10-15H2;2*(H,6,7). The summed E-state index contributed by atoms with van der Waals surface area (Å²) in [5, 5.41) is 15.8. The summed E-state index contributed by atoms with van der Waals surface area (Å²) < 4.78 is 69.8. The Hall–Kier alpha value is -3.02. The molecule has 2 N–H and O–H groups in total. The zero-order chi connectivity index (χ0) is 30.4. The van der Waals surface area contributed by atoms with Crippen LogP contribution in [0.15, 0.2) is 24.5 Å². The van der Waals surface area contributed by atoms with E-state index in [4.69, 9.17) is 29.4 Å². The number of hydrogen-bond donors (Lipinski definition) is 2. The van der Waals surface area contributed by atoms with E-state index in [9.17, 15) is 31.1 Å². The number of aromatic nitrogens is 1. The highest BCUT2D eigenvalue weighted by molar-refractivity contribution is 5.81. The van der Waals surface area contributed by atoms with E-state index in [0.717, 1.165) is 45.1 Å². The summed E-state index contributed by atoms with van der Waals surface area (Å²) in [6, 6.07) is 3.90. The molecule has 17 heteroatoms. The second kappa shape index (κ2) is 13.3. The molecule has 4 heterocycles. The van der Waals surface area contributed by atoms with Crippen LogP contribution in [-0.2, 0) is 30.5 Å². The number of ether oxygens (including phenoxy) is 1. The van der Waals surface area contributed by atoms with E-state index in [1.54, 1.807) is 5.06 Å². The van der Waals surface area contributed by atoms with E-state index in [1.807, 2.05) is 18.5 Å². The fraction of sp³-hybridized carbons (Fsp3) is 0.667. The van der Waals surface area contributed by atoms with Crippen LogP contribution in [0.3, 0.4) is 0 Å². The maximum atomic E-state index is 12.9. The molecule has 1 atom stereocenters. The highest BCUT2D eigenvalue weighted by Crippen LogP contribution is 2.36. The Balaban J connectivity index is 0.000000276. The number of carboxylic acid groups (broad SMARTS) is 2. The number of hydrogen-bond acceptors (Lipinski definition) is 8. The number of carbonyl (C=O) groups excluding carboxylic acids is 1. The van der Waals surface area contributed by atoms with Crippen molar-refractivity contribution in [3.63, 3.8) is 0 Å². The smallest absolute Gasteiger partial charge is 0.475 e. The minimum atomic E-state index is -5.08. The molecule has 1 aromatic heterocycles. The van der Waals surface area contributed by atoms with Gasteiger partial charge < -0.3 is 14.9 Å². The van der Waals surface area contributed by atoms with Crippen LogP contribution in [0.1, 0.15) is 24.8 Å². The van der Waals surface area contributed by atoms with Crippen LogP contribution < -0.4 is 0 Å². The molecule has 230 valence electrons. The number of alkyl halides is 6. The Bertz CT molecular complexity index is 1020. The number of carbonyl (C=O) groups is 3. The van der Waals surface area contributed by atoms with E-state index in [1.165, 1.54) is 18.4 Å². The Morgan fingerprint density at radius 3 is 2.10 bits per heavy atom. The Morgan fingerprint density at radius 1 is 1.02 bits per heavy atom. The Kier molecular flexibility index (Phi) is 10.5. The van der Waals surface area contributed by atoms with Gasteiger partial charge in [0.2, 0.25) is 0 Å². The quantitative estimate of drug-likeness (QED) is 0.485. The third kappa shape index (κ3) is 9.79. The third-order valence-corrected chi connectivity index (χ3v) is 6.59. The topological polar surface area (TPSA) is 133 Å². The molecule has 0 bridgehead atoms. The minimum Gasteiger partial charge on any atom is -0.475 e. The largest absolute Gasteiger partial charge is 0.490 e. The first-order valence-electron chi connectivity index (χ1n) is 12.6. The summed E-state index contributed by atoms with van der Waals surface area (Å²) in [5.74, 6) is -4.68. The van der Waals surface area contributed by atoms with Crippen LogP contribution in [0.25, 0.3) is 0 Å². The van der Waals surface area contributed by atoms with Crippen LogP contribution in [0.2, 0.25) is 0 Å². The van der Waals surface area contributed by atoms with E-state index in [2.05, 4.69) is 20.9 Å². The molecule has 41 heavy (non-hydrogen) atoms. The number of hydroxylamine groups is 2. The molecule has 11 nitrogen and oxygen atoms in total. The van der Waals surface area contributed by atoms with E-state index in [0.29, 0.717) is 19.8 Å². The number of morpholine rings is 1. The molecular formula is C24H30F6N4O7. The fourth-order valence-electron chi connectivity index (χ4n) is 4.55. The SMILES string of the molecule is O=C(C1COC2(CN(Cc3cccnc3)C2)CN1CC1CC1)N1CCCO1.O=C(O)C(F)(F)F.O=C(O)C(F)(F)F. The summed E-state index contributed by atoms with van der Waals surface area (Å²) >= 11 is 0. The normalized spacial score (nSPS) is 22.6. The lowest BCUT2D eigenvalue weighted by Gasteiger charge is -2.55. The van der Waals surface area contributed by atoms with Gasteiger partial charge in [0, 0.05) is 45.1 Å². The lowest BCUT2D eigenvalue weighted by Crippen LogP contribution is -2.72. The van der Waals surface area contributed by atoms with Crippen molar-refractivity contribution < 1.29 is 60.5 Å². The summed E-state index contributed by atoms with van der Waals surface area (Å²) in [7, 11) is 0. The molecule has 4 aliphatic rings. The molecule has 3 saturated heterocycles. The summed E-state index contributed by atoms with van der Waals surface area (Å²) in [6.45, 7) is 6.44. The molecule has 1 aromatic rings. The molecule has 1 spiro atoms. The van der Waals surface area contributed by atoms with E-state index >= 15 is 0 Å². The molecular weight excluding hydrogens is 570 g/mol. The Labute approximate surface area is 230 Å². The second-order valence-electron chi connectivity index (χ2n) is 10.1. The molecule has 5 rings (SSSR count). The van der Waals surface area contributed by atoms with Crippen molar-refractivity contribution in [2.24, 2.45) is 5.92 Å². The molecule has 1 amide bonds. The fourth-order valence-corrected chi connectivity index (χ4v) is 4.55. The average molecular weight is 601 g/mol. The number of pyridine rings is 1. The first-order valence-corrected chi connectivity index (χ1v) is 12.6. The molecule has 1 unspecified atom stereocenters. The van der Waals surface area contributed by atoms with Crippen molar-refractivity contribution in [2.45, 2.75) is 49.8 Å². The number of rotatable bonds is 5. The van der Waals surface area contributed by atoms with Crippen molar-refractivity contribution in [1.29, 1.82) is 0 Å². The van der Waals surface area contributed by atoms with Gasteiger partial charge in [0.1, 0.15) is 11.6 Å². The van der Waals surface area contributed by atoms with Gasteiger partial charge in [-0.3, -0.25) is 24.4 Å². The number of carboxylic acids is 2. The zero-order valence-corrected chi connectivity index (χ0v) is 21.7. The van der Waals surface area contributed by atoms with Crippen molar-refractivity contribution in [3.05, 3.63) is 30.1 Å². The summed E-state index contributed by atoms with van der Waals surface area (Å²) in [5.41, 5.74) is 1.11. The van der Waals surface area contributed by atoms with Gasteiger partial charge in [-0.1, -0.05) is 6.07 Å². The van der Waals surface area contributed by atoms with Crippen LogP contribution in [0.4, 0.5) is 26.3 Å². The number of nitrogens with zero attached hydrogens (tertiary/aromatic N) is 4. The van der Waals surface area contributed by atoms with Crippen LogP contribution in [-0.4, -0.2) is 118 Å². The second-order valence-corrected chi connectivity index (χ2v) is 10.1. The van der Waals surface area contributed by atoms with Crippen molar-refractivity contribution >= 4 is 17.8 Å². The first kappa shape index (κ1) is 32.5. The van der Waals surface area contributed by atoms with Gasteiger partial charge >= 0.3 is 24.3 Å². The maximum Gasteiger partial charge on any atom is 0.490 e. The highest BCUT2D eigenvalue weighted by atomic mass is 19.4. The van der Waals surface area contributed by atoms with Crippen molar-refractivity contribution in [1.82, 2.24) is 19.8 Å². The first-order chi connectivity index (χ1) is 19.1. The molecule has 0 aromatic carbocycles. The average Bonchev–Trinajstić information content (AvgIpc) is 3.51. The number of likely N-dealkylation sites (tertiary alicyclic amines) is 1. The number of amides is 1. The predicted molar refractivity (Wildman–Crippen MR) is 126 cm³/mol. The minimum absolute atomic E-state index is 0.0783. The van der Waals surface area contributed by atoms with Gasteiger partial charge in [-0.15, -0.1) is 0 Å². The van der Waals surface area contributed by atoms with Crippen LogP contribution in [0.5, 0.6) is 0 Å². The van der Waals surface area contributed by atoms with Crippen LogP contribution in [0, 0.1) is 5.92 Å². The lowest BCUT2D eigenvalue weighted by atomic mass is 9.89.